The maximum atomic E-state index is 6.14. The highest BCUT2D eigenvalue weighted by Crippen LogP contribution is 2.34. The topological polar surface area (TPSA) is 46.2 Å². The Morgan fingerprint density at radius 2 is 1.74 bits per heavy atom. The van der Waals surface area contributed by atoms with E-state index >= 15 is 0 Å². The van der Waals surface area contributed by atoms with E-state index in [4.69, 9.17) is 23.7 Å². The maximum Gasteiger partial charge on any atom is 0.285 e. The summed E-state index contributed by atoms with van der Waals surface area (Å²) in [5.74, 6) is -0.871. The summed E-state index contributed by atoms with van der Waals surface area (Å²) in [6.07, 6.45) is 6.82. The molecule has 0 aliphatic carbocycles. The second kappa shape index (κ2) is 6.50. The van der Waals surface area contributed by atoms with E-state index in [-0.39, 0.29) is 12.4 Å². The Kier molecular flexibility index (Phi) is 4.71. The van der Waals surface area contributed by atoms with Gasteiger partial charge in [-0.05, 0) is 38.5 Å². The van der Waals surface area contributed by atoms with Gasteiger partial charge in [-0.3, -0.25) is 4.74 Å². The summed E-state index contributed by atoms with van der Waals surface area (Å²) in [7, 11) is 0. The fraction of sp³-hybridized carbons (Fsp3) is 1.00. The summed E-state index contributed by atoms with van der Waals surface area (Å²) in [6.45, 7) is 3.01. The van der Waals surface area contributed by atoms with Crippen LogP contribution in [-0.2, 0) is 23.7 Å². The predicted octanol–water partition coefficient (Wildman–Crippen LogP) is 2.19. The third kappa shape index (κ3) is 3.67. The van der Waals surface area contributed by atoms with Crippen molar-refractivity contribution in [3.63, 3.8) is 0 Å². The summed E-state index contributed by atoms with van der Waals surface area (Å²) in [5.41, 5.74) is 0. The molecule has 0 aromatic rings. The molecule has 0 aromatic heterocycles. The Balaban J connectivity index is 1.57. The minimum atomic E-state index is -0.871. The SMILES string of the molecule is C1CCC(OC2(OC3CCOCC3)CCCO2)OC1. The van der Waals surface area contributed by atoms with Gasteiger partial charge in [-0.2, -0.15) is 0 Å². The molecule has 0 N–H and O–H groups in total. The van der Waals surface area contributed by atoms with Crippen molar-refractivity contribution in [2.75, 3.05) is 26.4 Å². The molecule has 0 aromatic carbocycles. The molecule has 3 heterocycles. The van der Waals surface area contributed by atoms with Crippen LogP contribution in [0.15, 0.2) is 0 Å². The van der Waals surface area contributed by atoms with Crippen LogP contribution < -0.4 is 0 Å². The summed E-state index contributed by atoms with van der Waals surface area (Å²) in [4.78, 5) is 0. The molecule has 110 valence electrons. The van der Waals surface area contributed by atoms with Crippen LogP contribution in [0.1, 0.15) is 44.9 Å². The van der Waals surface area contributed by atoms with E-state index in [1.54, 1.807) is 0 Å². The maximum absolute atomic E-state index is 6.14. The van der Waals surface area contributed by atoms with Crippen LogP contribution in [0.4, 0.5) is 0 Å². The van der Waals surface area contributed by atoms with E-state index in [1.165, 1.54) is 0 Å². The molecule has 5 nitrogen and oxygen atoms in total. The normalized spacial score (nSPS) is 37.6. The van der Waals surface area contributed by atoms with Crippen LogP contribution in [0.25, 0.3) is 0 Å². The standard InChI is InChI=1S/C14H24O5/c1-2-8-16-13(4-1)19-14(7-3-9-17-14)18-12-5-10-15-11-6-12/h12-13H,1-11H2. The molecular weight excluding hydrogens is 248 g/mol. The number of hydrogen-bond acceptors (Lipinski definition) is 5. The fourth-order valence-corrected chi connectivity index (χ4v) is 2.85. The van der Waals surface area contributed by atoms with Crippen molar-refractivity contribution in [1.82, 2.24) is 0 Å². The highest BCUT2D eigenvalue weighted by molar-refractivity contribution is 4.72. The highest BCUT2D eigenvalue weighted by atomic mass is 16.9. The van der Waals surface area contributed by atoms with Crippen LogP contribution in [0, 0.1) is 0 Å². The Bertz CT molecular complexity index is 243. The van der Waals surface area contributed by atoms with Crippen LogP contribution in [0.2, 0.25) is 0 Å². The average molecular weight is 272 g/mol. The van der Waals surface area contributed by atoms with Crippen molar-refractivity contribution in [3.8, 4) is 0 Å². The molecule has 0 bridgehead atoms. The fourth-order valence-electron chi connectivity index (χ4n) is 2.85. The molecule has 3 saturated heterocycles. The minimum absolute atomic E-state index is 0.174. The Morgan fingerprint density at radius 3 is 2.42 bits per heavy atom. The molecule has 5 heteroatoms. The molecule has 2 atom stereocenters. The molecule has 2 unspecified atom stereocenters. The smallest absolute Gasteiger partial charge is 0.285 e. The minimum Gasteiger partial charge on any atom is -0.381 e. The molecule has 0 saturated carbocycles. The van der Waals surface area contributed by atoms with Crippen molar-refractivity contribution in [2.24, 2.45) is 0 Å². The lowest BCUT2D eigenvalue weighted by atomic mass is 10.1. The van der Waals surface area contributed by atoms with Crippen molar-refractivity contribution in [3.05, 3.63) is 0 Å². The predicted molar refractivity (Wildman–Crippen MR) is 67.5 cm³/mol. The van der Waals surface area contributed by atoms with E-state index < -0.39 is 5.97 Å². The van der Waals surface area contributed by atoms with Crippen LogP contribution in [-0.4, -0.2) is 44.8 Å². The van der Waals surface area contributed by atoms with Gasteiger partial charge in [0.25, 0.3) is 5.97 Å². The van der Waals surface area contributed by atoms with Crippen LogP contribution in [0.5, 0.6) is 0 Å². The number of rotatable bonds is 4. The van der Waals surface area contributed by atoms with Gasteiger partial charge in [0.2, 0.25) is 0 Å². The molecule has 3 aliphatic heterocycles. The van der Waals surface area contributed by atoms with Gasteiger partial charge in [-0.15, -0.1) is 0 Å². The van der Waals surface area contributed by atoms with Gasteiger partial charge in [-0.1, -0.05) is 0 Å². The third-order valence-corrected chi connectivity index (χ3v) is 3.91. The Labute approximate surface area is 114 Å². The van der Waals surface area contributed by atoms with Crippen molar-refractivity contribution in [1.29, 1.82) is 0 Å². The van der Waals surface area contributed by atoms with Crippen molar-refractivity contribution in [2.45, 2.75) is 63.3 Å². The lowest BCUT2D eigenvalue weighted by molar-refractivity contribution is -0.419. The zero-order valence-corrected chi connectivity index (χ0v) is 11.5. The monoisotopic (exact) mass is 272 g/mol. The number of hydrogen-bond donors (Lipinski definition) is 0. The zero-order valence-electron chi connectivity index (χ0n) is 11.5. The van der Waals surface area contributed by atoms with Crippen LogP contribution >= 0.6 is 0 Å². The average Bonchev–Trinajstić information content (AvgIpc) is 2.89. The van der Waals surface area contributed by atoms with E-state index in [0.717, 1.165) is 64.8 Å². The van der Waals surface area contributed by atoms with Crippen molar-refractivity contribution >= 4 is 0 Å². The quantitative estimate of drug-likeness (QED) is 0.734. The Morgan fingerprint density at radius 1 is 0.842 bits per heavy atom. The van der Waals surface area contributed by atoms with Gasteiger partial charge in [0.15, 0.2) is 6.29 Å². The third-order valence-electron chi connectivity index (χ3n) is 3.91. The molecule has 0 radical (unpaired) electrons. The van der Waals surface area contributed by atoms with E-state index in [1.807, 2.05) is 0 Å². The zero-order chi connectivity index (χ0) is 13.0. The van der Waals surface area contributed by atoms with Crippen LogP contribution in [0.3, 0.4) is 0 Å². The summed E-state index contributed by atoms with van der Waals surface area (Å²) < 4.78 is 29.0. The van der Waals surface area contributed by atoms with Gasteiger partial charge in [0.1, 0.15) is 0 Å². The first kappa shape index (κ1) is 13.8. The first-order valence-corrected chi connectivity index (χ1v) is 7.55. The van der Waals surface area contributed by atoms with Crippen molar-refractivity contribution < 1.29 is 23.7 Å². The lowest BCUT2D eigenvalue weighted by Crippen LogP contribution is -2.44. The first-order chi connectivity index (χ1) is 9.36. The number of ether oxygens (including phenoxy) is 5. The first-order valence-electron chi connectivity index (χ1n) is 7.55. The van der Waals surface area contributed by atoms with E-state index in [0.29, 0.717) is 6.61 Å². The van der Waals surface area contributed by atoms with E-state index in [9.17, 15) is 0 Å². The van der Waals surface area contributed by atoms with Gasteiger partial charge < -0.3 is 18.9 Å². The van der Waals surface area contributed by atoms with Gasteiger partial charge in [0, 0.05) is 26.2 Å². The van der Waals surface area contributed by atoms with E-state index in [2.05, 4.69) is 0 Å². The molecule has 0 spiro atoms. The molecular formula is C14H24O5. The summed E-state index contributed by atoms with van der Waals surface area (Å²) >= 11 is 0. The lowest BCUT2D eigenvalue weighted by Gasteiger charge is -2.37. The molecule has 3 aliphatic rings. The summed E-state index contributed by atoms with van der Waals surface area (Å²) in [6, 6.07) is 0. The Hall–Kier alpha value is -0.200. The van der Waals surface area contributed by atoms with Gasteiger partial charge in [0.05, 0.1) is 12.7 Å². The van der Waals surface area contributed by atoms with Gasteiger partial charge in [-0.25, -0.2) is 0 Å². The molecule has 3 fully saturated rings. The molecule has 0 amide bonds. The molecule has 19 heavy (non-hydrogen) atoms. The largest absolute Gasteiger partial charge is 0.381 e. The van der Waals surface area contributed by atoms with Gasteiger partial charge >= 0.3 is 0 Å². The molecule has 3 rings (SSSR count). The highest BCUT2D eigenvalue weighted by Gasteiger charge is 2.43. The second-order valence-corrected chi connectivity index (χ2v) is 5.48. The summed E-state index contributed by atoms with van der Waals surface area (Å²) in [5, 5.41) is 0. The second-order valence-electron chi connectivity index (χ2n) is 5.48.